The molecule has 1 amide bonds. The summed E-state index contributed by atoms with van der Waals surface area (Å²) in [4.78, 5) is 14.0. The molecule has 0 bridgehead atoms. The molecule has 4 heteroatoms. The molecule has 2 rings (SSSR count). The Balaban J connectivity index is 1.80. The third-order valence-electron chi connectivity index (χ3n) is 3.73. The highest BCUT2D eigenvalue weighted by Crippen LogP contribution is 2.25. The van der Waals surface area contributed by atoms with Crippen LogP contribution < -0.4 is 5.32 Å². The molecule has 1 aromatic rings. The summed E-state index contributed by atoms with van der Waals surface area (Å²) in [5.41, 5.74) is 1.24. The maximum absolute atomic E-state index is 12.0. The Morgan fingerprint density at radius 3 is 2.90 bits per heavy atom. The molecule has 0 unspecified atom stereocenters. The molecule has 1 N–H and O–H groups in total. The number of carbonyl (C=O) groups is 1. The zero-order chi connectivity index (χ0) is 14.4. The van der Waals surface area contributed by atoms with Crippen LogP contribution in [0.4, 0.5) is 5.69 Å². The van der Waals surface area contributed by atoms with Gasteiger partial charge in [0.2, 0.25) is 5.91 Å². The van der Waals surface area contributed by atoms with E-state index < -0.39 is 0 Å². The molecule has 1 aromatic carbocycles. The molecule has 0 aromatic heterocycles. The summed E-state index contributed by atoms with van der Waals surface area (Å²) in [7, 11) is 1.99. The molecule has 1 saturated carbocycles. The number of anilines is 1. The Kier molecular flexibility index (Phi) is 5.14. The summed E-state index contributed by atoms with van der Waals surface area (Å²) in [6.45, 7) is 1.39. The number of amides is 1. The number of likely N-dealkylation sites (N-methyl/N-ethyl adjacent to an activating group) is 1. The van der Waals surface area contributed by atoms with Crippen LogP contribution in [0.25, 0.3) is 0 Å². The van der Waals surface area contributed by atoms with Crippen LogP contribution in [0.15, 0.2) is 24.3 Å². The number of nitrogens with one attached hydrogen (secondary N) is 1. The Labute approximate surface area is 120 Å². The van der Waals surface area contributed by atoms with Gasteiger partial charge < -0.3 is 5.32 Å². The molecule has 0 radical (unpaired) electrons. The van der Waals surface area contributed by atoms with Crippen LogP contribution in [0.1, 0.15) is 31.2 Å². The normalized spacial score (nSPS) is 15.2. The van der Waals surface area contributed by atoms with Crippen LogP contribution >= 0.6 is 0 Å². The van der Waals surface area contributed by atoms with Crippen molar-refractivity contribution in [1.82, 2.24) is 4.90 Å². The van der Waals surface area contributed by atoms with Crippen LogP contribution in [0.5, 0.6) is 0 Å². The first kappa shape index (κ1) is 14.5. The molecule has 1 fully saturated rings. The molecule has 20 heavy (non-hydrogen) atoms. The predicted octanol–water partition coefficient (Wildman–Crippen LogP) is 2.62. The number of carbonyl (C=O) groups excluding carboxylic acids is 1. The Morgan fingerprint density at radius 1 is 1.45 bits per heavy atom. The molecule has 4 nitrogen and oxygen atoms in total. The molecule has 0 aliphatic heterocycles. The van der Waals surface area contributed by atoms with E-state index in [2.05, 4.69) is 16.3 Å². The first-order valence-corrected chi connectivity index (χ1v) is 7.16. The Hall–Kier alpha value is -1.86. The maximum Gasteiger partial charge on any atom is 0.238 e. The lowest BCUT2D eigenvalue weighted by Gasteiger charge is -2.20. The van der Waals surface area contributed by atoms with E-state index in [1.807, 2.05) is 7.05 Å². The van der Waals surface area contributed by atoms with Gasteiger partial charge in [-0.1, -0.05) is 18.9 Å². The summed E-state index contributed by atoms with van der Waals surface area (Å²) in [5.74, 6) is 0.718. The van der Waals surface area contributed by atoms with Gasteiger partial charge in [-0.25, -0.2) is 0 Å². The molecule has 0 heterocycles. The summed E-state index contributed by atoms with van der Waals surface area (Å²) in [5, 5.41) is 11.7. The van der Waals surface area contributed by atoms with Gasteiger partial charge in [0.15, 0.2) is 0 Å². The van der Waals surface area contributed by atoms with E-state index in [0.29, 0.717) is 17.8 Å². The van der Waals surface area contributed by atoms with Crippen molar-refractivity contribution in [3.05, 3.63) is 29.8 Å². The monoisotopic (exact) mass is 271 g/mol. The van der Waals surface area contributed by atoms with E-state index in [1.165, 1.54) is 25.7 Å². The minimum absolute atomic E-state index is 0.0272. The second-order valence-electron chi connectivity index (χ2n) is 5.59. The van der Waals surface area contributed by atoms with Gasteiger partial charge in [0.05, 0.1) is 18.2 Å². The van der Waals surface area contributed by atoms with Gasteiger partial charge in [-0.3, -0.25) is 9.69 Å². The van der Waals surface area contributed by atoms with E-state index >= 15 is 0 Å². The largest absolute Gasteiger partial charge is 0.325 e. The number of nitrogens with zero attached hydrogens (tertiary/aromatic N) is 2. The van der Waals surface area contributed by atoms with E-state index in [-0.39, 0.29) is 5.91 Å². The van der Waals surface area contributed by atoms with Gasteiger partial charge in [0.25, 0.3) is 0 Å². The lowest BCUT2D eigenvalue weighted by atomic mass is 10.1. The molecule has 106 valence electrons. The van der Waals surface area contributed by atoms with Gasteiger partial charge in [-0.15, -0.1) is 0 Å². The van der Waals surface area contributed by atoms with E-state index in [1.54, 1.807) is 24.3 Å². The topological polar surface area (TPSA) is 56.1 Å². The number of nitriles is 1. The summed E-state index contributed by atoms with van der Waals surface area (Å²) in [6, 6.07) is 9.06. The average molecular weight is 271 g/mol. The fraction of sp³-hybridized carbons (Fsp3) is 0.500. The van der Waals surface area contributed by atoms with Gasteiger partial charge >= 0.3 is 0 Å². The molecule has 1 aliphatic carbocycles. The van der Waals surface area contributed by atoms with Gasteiger partial charge in [0, 0.05) is 12.2 Å². The minimum atomic E-state index is -0.0272. The first-order valence-electron chi connectivity index (χ1n) is 7.16. The Bertz CT molecular complexity index is 501. The molecule has 0 atom stereocenters. The third kappa shape index (κ3) is 4.36. The SMILES string of the molecule is CN(CC(=O)Nc1cccc(C#N)c1)CC1CCCC1. The third-order valence-corrected chi connectivity index (χ3v) is 3.73. The van der Waals surface area contributed by atoms with Crippen molar-refractivity contribution in [2.45, 2.75) is 25.7 Å². The summed E-state index contributed by atoms with van der Waals surface area (Å²) in [6.07, 6.45) is 5.23. The van der Waals surface area contributed by atoms with E-state index in [0.717, 1.165) is 12.5 Å². The lowest BCUT2D eigenvalue weighted by molar-refractivity contribution is -0.117. The maximum atomic E-state index is 12.0. The van der Waals surface area contributed by atoms with Gasteiger partial charge in [-0.05, 0) is 44.0 Å². The molecule has 0 saturated heterocycles. The number of hydrogen-bond acceptors (Lipinski definition) is 3. The Morgan fingerprint density at radius 2 is 2.20 bits per heavy atom. The number of hydrogen-bond donors (Lipinski definition) is 1. The molecule has 0 spiro atoms. The van der Waals surface area contributed by atoms with Crippen LogP contribution in [-0.2, 0) is 4.79 Å². The molecule has 1 aliphatic rings. The first-order chi connectivity index (χ1) is 9.67. The highest BCUT2D eigenvalue weighted by molar-refractivity contribution is 5.92. The van der Waals surface area contributed by atoms with Crippen LogP contribution in [-0.4, -0.2) is 30.9 Å². The van der Waals surface area contributed by atoms with Crippen molar-refractivity contribution in [3.8, 4) is 6.07 Å². The highest BCUT2D eigenvalue weighted by Gasteiger charge is 2.17. The lowest BCUT2D eigenvalue weighted by Crippen LogP contribution is -2.33. The zero-order valence-electron chi connectivity index (χ0n) is 11.9. The summed E-state index contributed by atoms with van der Waals surface area (Å²) >= 11 is 0. The fourth-order valence-corrected chi connectivity index (χ4v) is 2.81. The quantitative estimate of drug-likeness (QED) is 0.895. The fourth-order valence-electron chi connectivity index (χ4n) is 2.81. The van der Waals surface area contributed by atoms with Gasteiger partial charge in [0.1, 0.15) is 0 Å². The smallest absolute Gasteiger partial charge is 0.238 e. The van der Waals surface area contributed by atoms with Crippen molar-refractivity contribution in [1.29, 1.82) is 5.26 Å². The van der Waals surface area contributed by atoms with E-state index in [9.17, 15) is 4.79 Å². The van der Waals surface area contributed by atoms with Crippen LogP contribution in [0, 0.1) is 17.2 Å². The van der Waals surface area contributed by atoms with Crippen molar-refractivity contribution >= 4 is 11.6 Å². The predicted molar refractivity (Wildman–Crippen MR) is 79.2 cm³/mol. The summed E-state index contributed by atoms with van der Waals surface area (Å²) < 4.78 is 0. The van der Waals surface area contributed by atoms with Gasteiger partial charge in [-0.2, -0.15) is 5.26 Å². The average Bonchev–Trinajstić information content (AvgIpc) is 2.91. The number of benzene rings is 1. The van der Waals surface area contributed by atoms with Crippen molar-refractivity contribution in [2.24, 2.45) is 5.92 Å². The zero-order valence-corrected chi connectivity index (χ0v) is 11.9. The van der Waals surface area contributed by atoms with Crippen LogP contribution in [0.3, 0.4) is 0 Å². The second kappa shape index (κ2) is 7.06. The van der Waals surface area contributed by atoms with Crippen LogP contribution in [0.2, 0.25) is 0 Å². The molecular weight excluding hydrogens is 250 g/mol. The minimum Gasteiger partial charge on any atom is -0.325 e. The second-order valence-corrected chi connectivity index (χ2v) is 5.59. The van der Waals surface area contributed by atoms with Crippen molar-refractivity contribution in [2.75, 3.05) is 25.5 Å². The van der Waals surface area contributed by atoms with E-state index in [4.69, 9.17) is 5.26 Å². The number of rotatable bonds is 5. The molecular formula is C16H21N3O. The standard InChI is InChI=1S/C16H21N3O/c1-19(11-13-5-2-3-6-13)12-16(20)18-15-8-4-7-14(9-15)10-17/h4,7-9,13H,2-3,5-6,11-12H2,1H3,(H,18,20). The van der Waals surface area contributed by atoms with Crippen molar-refractivity contribution < 1.29 is 4.79 Å². The van der Waals surface area contributed by atoms with Crippen molar-refractivity contribution in [3.63, 3.8) is 0 Å². The highest BCUT2D eigenvalue weighted by atomic mass is 16.2.